The van der Waals surface area contributed by atoms with Gasteiger partial charge in [0.2, 0.25) is 0 Å². The third-order valence-electron chi connectivity index (χ3n) is 5.08. The molecule has 0 radical (unpaired) electrons. The third-order valence-corrected chi connectivity index (χ3v) is 5.33. The van der Waals surface area contributed by atoms with Gasteiger partial charge in [0.25, 0.3) is 0 Å². The van der Waals surface area contributed by atoms with Gasteiger partial charge < -0.3 is 10.6 Å². The number of rotatable bonds is 4. The Bertz CT molecular complexity index is 729. The quantitative estimate of drug-likeness (QED) is 0.733. The molecule has 0 spiro atoms. The molecule has 25 heavy (non-hydrogen) atoms. The van der Waals surface area contributed by atoms with E-state index in [1.54, 1.807) is 12.1 Å². The summed E-state index contributed by atoms with van der Waals surface area (Å²) >= 11 is 5.50. The van der Waals surface area contributed by atoms with Crippen molar-refractivity contribution in [3.63, 3.8) is 0 Å². The van der Waals surface area contributed by atoms with Crippen molar-refractivity contribution in [1.82, 2.24) is 5.32 Å². The average molecular weight is 357 g/mol. The highest BCUT2D eigenvalue weighted by Gasteiger charge is 2.35. The van der Waals surface area contributed by atoms with Gasteiger partial charge in [-0.25, -0.2) is 4.39 Å². The van der Waals surface area contributed by atoms with Crippen molar-refractivity contribution in [2.24, 2.45) is 0 Å². The first-order chi connectivity index (χ1) is 12.0. The van der Waals surface area contributed by atoms with Crippen LogP contribution in [0.4, 0.5) is 10.1 Å². The molecule has 0 atom stereocenters. The zero-order valence-corrected chi connectivity index (χ0v) is 15.7. The molecule has 4 heteroatoms. The highest BCUT2D eigenvalue weighted by atomic mass is 32.1. The zero-order chi connectivity index (χ0) is 17.9. The fourth-order valence-electron chi connectivity index (χ4n) is 3.89. The van der Waals surface area contributed by atoms with Crippen LogP contribution in [0.1, 0.15) is 42.4 Å². The minimum Gasteiger partial charge on any atom is -0.362 e. The van der Waals surface area contributed by atoms with Crippen LogP contribution in [0.25, 0.3) is 0 Å². The van der Waals surface area contributed by atoms with Crippen molar-refractivity contribution >= 4 is 23.0 Å². The van der Waals surface area contributed by atoms with Gasteiger partial charge in [-0.3, -0.25) is 0 Å². The fraction of sp³-hybridized carbons (Fsp3) is 0.381. The van der Waals surface area contributed by atoms with Gasteiger partial charge in [0, 0.05) is 17.6 Å². The van der Waals surface area contributed by atoms with Gasteiger partial charge in [-0.1, -0.05) is 31.0 Å². The van der Waals surface area contributed by atoms with Crippen molar-refractivity contribution in [2.75, 3.05) is 11.9 Å². The number of thiocarbonyl (C=S) groups is 1. The molecule has 3 rings (SSSR count). The van der Waals surface area contributed by atoms with E-state index in [4.69, 9.17) is 12.2 Å². The number of benzene rings is 2. The van der Waals surface area contributed by atoms with Crippen molar-refractivity contribution < 1.29 is 4.39 Å². The SMILES string of the molecule is Cc1cc(C)cc(NC(=S)NCC2(c3ccc(F)cc3)CCCC2)c1. The predicted octanol–water partition coefficient (Wildman–Crippen LogP) is 5.24. The van der Waals surface area contributed by atoms with Crippen LogP contribution in [0.15, 0.2) is 42.5 Å². The lowest BCUT2D eigenvalue weighted by Crippen LogP contribution is -2.40. The highest BCUT2D eigenvalue weighted by molar-refractivity contribution is 7.80. The molecule has 0 unspecified atom stereocenters. The number of nitrogens with one attached hydrogen (secondary N) is 2. The Labute approximate surface area is 154 Å². The maximum Gasteiger partial charge on any atom is 0.170 e. The lowest BCUT2D eigenvalue weighted by atomic mass is 9.79. The van der Waals surface area contributed by atoms with Crippen LogP contribution in [0, 0.1) is 19.7 Å². The predicted molar refractivity (Wildman–Crippen MR) is 107 cm³/mol. The Hall–Kier alpha value is -1.94. The molecule has 1 aliphatic rings. The second-order valence-electron chi connectivity index (χ2n) is 7.18. The van der Waals surface area contributed by atoms with Crippen LogP contribution in [-0.2, 0) is 5.41 Å². The normalized spacial score (nSPS) is 15.8. The second kappa shape index (κ2) is 7.52. The second-order valence-corrected chi connectivity index (χ2v) is 7.59. The summed E-state index contributed by atoms with van der Waals surface area (Å²) in [6.07, 6.45) is 4.63. The first kappa shape index (κ1) is 17.9. The van der Waals surface area contributed by atoms with Gasteiger partial charge in [-0.05, 0) is 79.9 Å². The zero-order valence-electron chi connectivity index (χ0n) is 14.9. The molecular formula is C21H25FN2S. The smallest absolute Gasteiger partial charge is 0.170 e. The van der Waals surface area contributed by atoms with E-state index in [1.165, 1.54) is 29.5 Å². The Kier molecular flexibility index (Phi) is 5.38. The number of hydrogen-bond acceptors (Lipinski definition) is 1. The van der Waals surface area contributed by atoms with Crippen molar-refractivity contribution in [2.45, 2.75) is 44.9 Å². The molecule has 0 aliphatic heterocycles. The summed E-state index contributed by atoms with van der Waals surface area (Å²) in [6.45, 7) is 4.93. The molecule has 0 amide bonds. The maximum atomic E-state index is 13.3. The molecule has 0 aromatic heterocycles. The van der Waals surface area contributed by atoms with Crippen LogP contribution >= 0.6 is 12.2 Å². The van der Waals surface area contributed by atoms with Crippen molar-refractivity contribution in [3.8, 4) is 0 Å². The van der Waals surface area contributed by atoms with E-state index in [9.17, 15) is 4.39 Å². The number of anilines is 1. The Morgan fingerprint density at radius 3 is 2.24 bits per heavy atom. The van der Waals surface area contributed by atoms with E-state index in [0.29, 0.717) is 5.11 Å². The van der Waals surface area contributed by atoms with E-state index < -0.39 is 0 Å². The summed E-state index contributed by atoms with van der Waals surface area (Å²) < 4.78 is 13.3. The molecule has 2 aromatic rings. The van der Waals surface area contributed by atoms with Crippen LogP contribution in [-0.4, -0.2) is 11.7 Å². The van der Waals surface area contributed by atoms with Gasteiger partial charge in [0.15, 0.2) is 5.11 Å². The summed E-state index contributed by atoms with van der Waals surface area (Å²) in [4.78, 5) is 0. The first-order valence-corrected chi connectivity index (χ1v) is 9.27. The molecule has 2 nitrogen and oxygen atoms in total. The molecule has 0 heterocycles. The summed E-state index contributed by atoms with van der Waals surface area (Å²) in [6, 6.07) is 13.3. The van der Waals surface area contributed by atoms with Gasteiger partial charge in [-0.2, -0.15) is 0 Å². The number of aryl methyl sites for hydroxylation is 2. The standard InChI is InChI=1S/C21H25FN2S/c1-15-11-16(2)13-19(12-15)24-20(25)23-14-21(9-3-4-10-21)17-5-7-18(22)8-6-17/h5-8,11-13H,3-4,9-10,14H2,1-2H3,(H2,23,24,25). The number of hydrogen-bond donors (Lipinski definition) is 2. The molecule has 2 aromatic carbocycles. The van der Waals surface area contributed by atoms with E-state index in [0.717, 1.165) is 25.1 Å². The average Bonchev–Trinajstić information content (AvgIpc) is 3.03. The summed E-state index contributed by atoms with van der Waals surface area (Å²) in [5.41, 5.74) is 4.68. The summed E-state index contributed by atoms with van der Waals surface area (Å²) in [7, 11) is 0. The lowest BCUT2D eigenvalue weighted by molar-refractivity contribution is 0.434. The van der Waals surface area contributed by atoms with Crippen molar-refractivity contribution in [1.29, 1.82) is 0 Å². The minimum absolute atomic E-state index is 0.0436. The Morgan fingerprint density at radius 1 is 1.04 bits per heavy atom. The fourth-order valence-corrected chi connectivity index (χ4v) is 4.08. The largest absolute Gasteiger partial charge is 0.362 e. The molecule has 0 saturated heterocycles. The van der Waals surface area contributed by atoms with E-state index in [-0.39, 0.29) is 11.2 Å². The van der Waals surface area contributed by atoms with E-state index in [2.05, 4.69) is 42.7 Å². The molecule has 1 fully saturated rings. The van der Waals surface area contributed by atoms with Gasteiger partial charge in [0.1, 0.15) is 5.82 Å². The molecule has 0 bridgehead atoms. The lowest BCUT2D eigenvalue weighted by Gasteiger charge is -2.30. The van der Waals surface area contributed by atoms with Crippen LogP contribution in [0.3, 0.4) is 0 Å². The molecule has 1 saturated carbocycles. The first-order valence-electron chi connectivity index (χ1n) is 8.86. The monoisotopic (exact) mass is 356 g/mol. The Balaban J connectivity index is 1.67. The van der Waals surface area contributed by atoms with Gasteiger partial charge in [0.05, 0.1) is 0 Å². The van der Waals surface area contributed by atoms with E-state index >= 15 is 0 Å². The van der Waals surface area contributed by atoms with Crippen LogP contribution in [0.2, 0.25) is 0 Å². The number of halogens is 1. The van der Waals surface area contributed by atoms with E-state index in [1.807, 2.05) is 12.1 Å². The van der Waals surface area contributed by atoms with Crippen molar-refractivity contribution in [3.05, 3.63) is 65.0 Å². The summed E-state index contributed by atoms with van der Waals surface area (Å²) in [5.74, 6) is -0.183. The molecular weight excluding hydrogens is 331 g/mol. The van der Waals surface area contributed by atoms with Gasteiger partial charge in [-0.15, -0.1) is 0 Å². The molecule has 2 N–H and O–H groups in total. The van der Waals surface area contributed by atoms with Gasteiger partial charge >= 0.3 is 0 Å². The Morgan fingerprint density at radius 2 is 1.64 bits per heavy atom. The summed E-state index contributed by atoms with van der Waals surface area (Å²) in [5, 5.41) is 7.32. The van der Waals surface area contributed by atoms with Crippen LogP contribution in [0.5, 0.6) is 0 Å². The highest BCUT2D eigenvalue weighted by Crippen LogP contribution is 2.40. The molecule has 1 aliphatic carbocycles. The maximum absolute atomic E-state index is 13.3. The minimum atomic E-state index is -0.183. The topological polar surface area (TPSA) is 24.1 Å². The van der Waals surface area contributed by atoms with Crippen LogP contribution < -0.4 is 10.6 Å². The molecule has 132 valence electrons. The third kappa shape index (κ3) is 4.37.